The molecule has 0 saturated carbocycles. The van der Waals surface area contributed by atoms with Gasteiger partial charge in [0.15, 0.2) is 0 Å². The van der Waals surface area contributed by atoms with Crippen molar-refractivity contribution in [1.29, 1.82) is 0 Å². The van der Waals surface area contributed by atoms with E-state index in [0.29, 0.717) is 0 Å². The van der Waals surface area contributed by atoms with Crippen molar-refractivity contribution in [3.63, 3.8) is 0 Å². The van der Waals surface area contributed by atoms with Crippen LogP contribution >= 0.6 is 0 Å². The molecule has 2 saturated heterocycles. The van der Waals surface area contributed by atoms with E-state index in [1.54, 1.807) is 0 Å². The average molecular weight is 298 g/mol. The van der Waals surface area contributed by atoms with Crippen LogP contribution in [0.4, 0.5) is 0 Å². The number of rotatable bonds is 8. The molecule has 0 aliphatic carbocycles. The lowest BCUT2D eigenvalue weighted by molar-refractivity contribution is 0.0335. The van der Waals surface area contributed by atoms with Crippen molar-refractivity contribution in [1.82, 2.24) is 14.7 Å². The van der Waals surface area contributed by atoms with Gasteiger partial charge in [-0.15, -0.1) is 0 Å². The molecule has 2 N–H and O–H groups in total. The maximum absolute atomic E-state index is 5.55. The largest absolute Gasteiger partial charge is 0.379 e. The zero-order valence-corrected chi connectivity index (χ0v) is 13.6. The molecule has 0 atom stereocenters. The molecule has 0 unspecified atom stereocenters. The Bertz CT molecular complexity index is 259. The Morgan fingerprint density at radius 2 is 1.29 bits per heavy atom. The Morgan fingerprint density at radius 1 is 0.667 bits per heavy atom. The molecule has 124 valence electrons. The van der Waals surface area contributed by atoms with Gasteiger partial charge in [0.2, 0.25) is 0 Å². The molecule has 2 aliphatic rings. The number of unbranched alkanes of at least 4 members (excludes halogenated alkanes) is 2. The minimum atomic E-state index is 0.843. The maximum atomic E-state index is 5.55. The number of nitrogens with two attached hydrogens (primary N) is 1. The molecule has 5 heteroatoms. The Hall–Kier alpha value is -0.200. The van der Waals surface area contributed by atoms with Crippen molar-refractivity contribution in [2.45, 2.75) is 25.7 Å². The van der Waals surface area contributed by atoms with E-state index in [4.69, 9.17) is 10.5 Å². The smallest absolute Gasteiger partial charge is 0.0594 e. The third-order valence-corrected chi connectivity index (χ3v) is 4.70. The molecular weight excluding hydrogens is 264 g/mol. The molecule has 0 spiro atoms. The lowest BCUT2D eigenvalue weighted by Gasteiger charge is -2.29. The van der Waals surface area contributed by atoms with Crippen molar-refractivity contribution in [2.75, 3.05) is 78.7 Å². The summed E-state index contributed by atoms with van der Waals surface area (Å²) in [7, 11) is 0. The van der Waals surface area contributed by atoms with Gasteiger partial charge >= 0.3 is 0 Å². The molecule has 2 heterocycles. The molecular formula is C16H34N4O. The molecule has 0 aromatic heterocycles. The summed E-state index contributed by atoms with van der Waals surface area (Å²) in [5, 5.41) is 0. The van der Waals surface area contributed by atoms with Gasteiger partial charge in [-0.25, -0.2) is 0 Å². The number of hydrogen-bond donors (Lipinski definition) is 1. The van der Waals surface area contributed by atoms with E-state index >= 15 is 0 Å². The third kappa shape index (κ3) is 7.06. The van der Waals surface area contributed by atoms with Gasteiger partial charge in [0.05, 0.1) is 13.2 Å². The molecule has 0 radical (unpaired) electrons. The number of nitrogens with zero attached hydrogens (tertiary/aromatic N) is 3. The Labute approximate surface area is 130 Å². The minimum absolute atomic E-state index is 0.843. The van der Waals surface area contributed by atoms with Gasteiger partial charge in [-0.1, -0.05) is 6.42 Å². The molecule has 2 rings (SSSR count). The Balaban J connectivity index is 1.57. The maximum Gasteiger partial charge on any atom is 0.0594 e. The fourth-order valence-corrected chi connectivity index (χ4v) is 3.24. The molecule has 0 bridgehead atoms. The van der Waals surface area contributed by atoms with Crippen molar-refractivity contribution in [2.24, 2.45) is 5.73 Å². The predicted octanol–water partition coefficient (Wildman–Crippen LogP) is 0.455. The number of ether oxygens (including phenoxy) is 1. The van der Waals surface area contributed by atoms with Crippen LogP contribution in [0.1, 0.15) is 25.7 Å². The highest BCUT2D eigenvalue weighted by atomic mass is 16.5. The van der Waals surface area contributed by atoms with Crippen LogP contribution in [0.2, 0.25) is 0 Å². The van der Waals surface area contributed by atoms with Gasteiger partial charge < -0.3 is 20.3 Å². The van der Waals surface area contributed by atoms with Crippen molar-refractivity contribution in [3.05, 3.63) is 0 Å². The molecule has 0 aromatic rings. The van der Waals surface area contributed by atoms with Crippen LogP contribution in [-0.4, -0.2) is 93.4 Å². The zero-order valence-electron chi connectivity index (χ0n) is 13.6. The minimum Gasteiger partial charge on any atom is -0.379 e. The van der Waals surface area contributed by atoms with E-state index in [9.17, 15) is 0 Å². The monoisotopic (exact) mass is 298 g/mol. The Kier molecular flexibility index (Phi) is 8.59. The van der Waals surface area contributed by atoms with E-state index in [2.05, 4.69) is 14.7 Å². The van der Waals surface area contributed by atoms with Crippen molar-refractivity contribution < 1.29 is 4.74 Å². The average Bonchev–Trinajstić information content (AvgIpc) is 2.76. The first kappa shape index (κ1) is 17.2. The molecule has 21 heavy (non-hydrogen) atoms. The SMILES string of the molecule is NCCCCCN1CCCN(CCN2CCOCC2)CC1. The molecule has 0 amide bonds. The second-order valence-electron chi connectivity index (χ2n) is 6.34. The first-order valence-electron chi connectivity index (χ1n) is 8.83. The van der Waals surface area contributed by atoms with Gasteiger partial charge in [-0.3, -0.25) is 4.90 Å². The van der Waals surface area contributed by atoms with E-state index < -0.39 is 0 Å². The number of morpholine rings is 1. The summed E-state index contributed by atoms with van der Waals surface area (Å²) in [5.74, 6) is 0. The van der Waals surface area contributed by atoms with Gasteiger partial charge in [0.25, 0.3) is 0 Å². The summed E-state index contributed by atoms with van der Waals surface area (Å²) in [5.41, 5.74) is 5.55. The standard InChI is InChI=1S/C16H34N4O/c17-5-2-1-3-6-18-7-4-8-19(10-9-18)11-12-20-13-15-21-16-14-20/h1-17H2. The van der Waals surface area contributed by atoms with Crippen LogP contribution in [0.25, 0.3) is 0 Å². The normalized spacial score (nSPS) is 23.3. The second kappa shape index (κ2) is 10.5. The van der Waals surface area contributed by atoms with Crippen LogP contribution in [-0.2, 0) is 4.74 Å². The number of hydrogen-bond acceptors (Lipinski definition) is 5. The lowest BCUT2D eigenvalue weighted by atomic mass is 10.2. The molecule has 2 fully saturated rings. The summed E-state index contributed by atoms with van der Waals surface area (Å²) in [4.78, 5) is 7.83. The Morgan fingerprint density at radius 3 is 1.95 bits per heavy atom. The van der Waals surface area contributed by atoms with Crippen LogP contribution in [0.3, 0.4) is 0 Å². The van der Waals surface area contributed by atoms with E-state index in [0.717, 1.165) is 32.8 Å². The summed E-state index contributed by atoms with van der Waals surface area (Å²) < 4.78 is 5.41. The second-order valence-corrected chi connectivity index (χ2v) is 6.34. The predicted molar refractivity (Wildman–Crippen MR) is 87.7 cm³/mol. The summed E-state index contributed by atoms with van der Waals surface area (Å²) >= 11 is 0. The topological polar surface area (TPSA) is 45.0 Å². The summed E-state index contributed by atoms with van der Waals surface area (Å²) in [6.45, 7) is 13.6. The molecule has 2 aliphatic heterocycles. The van der Waals surface area contributed by atoms with E-state index in [-0.39, 0.29) is 0 Å². The fraction of sp³-hybridized carbons (Fsp3) is 1.00. The van der Waals surface area contributed by atoms with Crippen LogP contribution in [0.5, 0.6) is 0 Å². The van der Waals surface area contributed by atoms with Crippen molar-refractivity contribution >= 4 is 0 Å². The van der Waals surface area contributed by atoms with Gasteiger partial charge in [0.1, 0.15) is 0 Å². The first-order valence-corrected chi connectivity index (χ1v) is 8.83. The lowest BCUT2D eigenvalue weighted by Crippen LogP contribution is -2.42. The summed E-state index contributed by atoms with van der Waals surface area (Å²) in [6, 6.07) is 0. The van der Waals surface area contributed by atoms with Gasteiger partial charge in [-0.05, 0) is 45.4 Å². The van der Waals surface area contributed by atoms with Gasteiger partial charge in [-0.2, -0.15) is 0 Å². The van der Waals surface area contributed by atoms with Crippen LogP contribution < -0.4 is 5.73 Å². The first-order chi connectivity index (χ1) is 10.4. The highest BCUT2D eigenvalue weighted by Crippen LogP contribution is 2.06. The van der Waals surface area contributed by atoms with Crippen molar-refractivity contribution in [3.8, 4) is 0 Å². The van der Waals surface area contributed by atoms with Crippen LogP contribution in [0, 0.1) is 0 Å². The fourth-order valence-electron chi connectivity index (χ4n) is 3.24. The summed E-state index contributed by atoms with van der Waals surface area (Å²) in [6.07, 6.45) is 5.10. The van der Waals surface area contributed by atoms with E-state index in [1.165, 1.54) is 71.5 Å². The molecule has 5 nitrogen and oxygen atoms in total. The zero-order chi connectivity index (χ0) is 14.8. The van der Waals surface area contributed by atoms with E-state index in [1.807, 2.05) is 0 Å². The molecule has 0 aromatic carbocycles. The van der Waals surface area contributed by atoms with Crippen LogP contribution in [0.15, 0.2) is 0 Å². The quantitative estimate of drug-likeness (QED) is 0.660. The van der Waals surface area contributed by atoms with Gasteiger partial charge in [0, 0.05) is 39.3 Å². The highest BCUT2D eigenvalue weighted by molar-refractivity contribution is 4.72. The third-order valence-electron chi connectivity index (χ3n) is 4.70. The highest BCUT2D eigenvalue weighted by Gasteiger charge is 2.16.